The quantitative estimate of drug-likeness (QED) is 0.910. The normalized spacial score (nSPS) is 15.9. The number of nitrogen functional groups attached to an aromatic ring is 1. The Kier molecular flexibility index (Phi) is 4.13. The average Bonchev–Trinajstić information content (AvgIpc) is 2.91. The van der Waals surface area contributed by atoms with Crippen molar-refractivity contribution in [3.63, 3.8) is 0 Å². The summed E-state index contributed by atoms with van der Waals surface area (Å²) in [7, 11) is 0. The fourth-order valence-corrected chi connectivity index (χ4v) is 3.46. The monoisotopic (exact) mass is 301 g/mol. The molecule has 0 bridgehead atoms. The average molecular weight is 302 g/mol. The number of fused-ring (bicyclic) bond motifs is 1. The molecule has 3 rings (SSSR count). The molecule has 21 heavy (non-hydrogen) atoms. The number of hydrogen-bond donors (Lipinski definition) is 2. The molecule has 1 aliphatic carbocycles. The minimum atomic E-state index is 0.189. The fourth-order valence-electron chi connectivity index (χ4n) is 3.29. The number of nitrogens with two attached hydrogens (primary N) is 1. The molecule has 0 radical (unpaired) electrons. The molecule has 1 atom stereocenters. The zero-order valence-electron chi connectivity index (χ0n) is 12.1. The Morgan fingerprint density at radius 3 is 2.62 bits per heavy atom. The van der Waals surface area contributed by atoms with Gasteiger partial charge in [0.25, 0.3) is 0 Å². The molecule has 110 valence electrons. The van der Waals surface area contributed by atoms with Crippen molar-refractivity contribution in [3.05, 3.63) is 58.2 Å². The van der Waals surface area contributed by atoms with Gasteiger partial charge in [-0.25, -0.2) is 4.98 Å². The lowest BCUT2D eigenvalue weighted by atomic mass is 9.90. The van der Waals surface area contributed by atoms with Crippen LogP contribution in [0.2, 0.25) is 5.02 Å². The molecule has 1 aromatic carbocycles. The summed E-state index contributed by atoms with van der Waals surface area (Å²) >= 11 is 6.11. The first-order valence-electron chi connectivity index (χ1n) is 7.40. The van der Waals surface area contributed by atoms with Crippen LogP contribution < -0.4 is 11.1 Å². The van der Waals surface area contributed by atoms with E-state index < -0.39 is 0 Å². The summed E-state index contributed by atoms with van der Waals surface area (Å²) in [5, 5.41) is 4.20. The summed E-state index contributed by atoms with van der Waals surface area (Å²) in [6.45, 7) is 3.01. The van der Waals surface area contributed by atoms with Crippen molar-refractivity contribution in [1.29, 1.82) is 0 Å². The number of benzene rings is 1. The third kappa shape index (κ3) is 2.89. The Hall–Kier alpha value is -1.58. The van der Waals surface area contributed by atoms with Crippen LogP contribution in [0.1, 0.15) is 29.7 Å². The second kappa shape index (κ2) is 6.04. The molecule has 0 fully saturated rings. The number of aromatic nitrogens is 1. The molecule has 0 spiro atoms. The molecule has 3 N–H and O–H groups in total. The van der Waals surface area contributed by atoms with E-state index in [1.54, 1.807) is 6.20 Å². The summed E-state index contributed by atoms with van der Waals surface area (Å²) in [6, 6.07) is 10.8. The van der Waals surface area contributed by atoms with Crippen molar-refractivity contribution in [3.8, 4) is 0 Å². The maximum Gasteiger partial charge on any atom is 0.128 e. The van der Waals surface area contributed by atoms with Crippen molar-refractivity contribution in [2.24, 2.45) is 5.92 Å². The van der Waals surface area contributed by atoms with Crippen LogP contribution in [0.15, 0.2) is 36.5 Å². The summed E-state index contributed by atoms with van der Waals surface area (Å²) in [6.07, 6.45) is 3.74. The van der Waals surface area contributed by atoms with Crippen molar-refractivity contribution < 1.29 is 0 Å². The molecule has 1 unspecified atom stereocenters. The molecule has 4 heteroatoms. The Labute approximate surface area is 130 Å². The van der Waals surface area contributed by atoms with Crippen molar-refractivity contribution in [2.75, 3.05) is 12.3 Å². The number of rotatable bonds is 4. The molecule has 1 heterocycles. The van der Waals surface area contributed by atoms with Crippen LogP contribution >= 0.6 is 11.6 Å². The smallest absolute Gasteiger partial charge is 0.128 e. The Morgan fingerprint density at radius 2 is 2.00 bits per heavy atom. The summed E-state index contributed by atoms with van der Waals surface area (Å²) < 4.78 is 0. The van der Waals surface area contributed by atoms with Gasteiger partial charge < -0.3 is 11.1 Å². The van der Waals surface area contributed by atoms with Crippen molar-refractivity contribution in [1.82, 2.24) is 10.3 Å². The first-order chi connectivity index (χ1) is 10.2. The minimum Gasteiger partial charge on any atom is -0.383 e. The van der Waals surface area contributed by atoms with Gasteiger partial charge in [-0.3, -0.25) is 0 Å². The molecule has 2 aromatic rings. The van der Waals surface area contributed by atoms with E-state index in [-0.39, 0.29) is 6.04 Å². The highest BCUT2D eigenvalue weighted by Crippen LogP contribution is 2.37. The van der Waals surface area contributed by atoms with Crippen molar-refractivity contribution >= 4 is 17.4 Å². The third-order valence-electron chi connectivity index (χ3n) is 4.23. The number of halogens is 1. The predicted molar refractivity (Wildman–Crippen MR) is 87.4 cm³/mol. The predicted octanol–water partition coefficient (Wildman–Crippen LogP) is 3.38. The van der Waals surface area contributed by atoms with E-state index >= 15 is 0 Å². The standard InChI is InChI=1S/C17H20ClN3/c1-2-20-16(15-9-14(18)10-21-17(15)19)13-7-11-5-3-4-6-12(11)8-13/h3-6,9-10,13,16,20H,2,7-8H2,1H3,(H2,19,21). The van der Waals surface area contributed by atoms with E-state index in [1.165, 1.54) is 11.1 Å². The van der Waals surface area contributed by atoms with Gasteiger partial charge in [-0.1, -0.05) is 42.8 Å². The van der Waals surface area contributed by atoms with Gasteiger partial charge in [-0.2, -0.15) is 0 Å². The van der Waals surface area contributed by atoms with Gasteiger partial charge >= 0.3 is 0 Å². The van der Waals surface area contributed by atoms with E-state index in [2.05, 4.69) is 41.5 Å². The van der Waals surface area contributed by atoms with E-state index in [1.807, 2.05) is 6.07 Å². The van der Waals surface area contributed by atoms with Crippen molar-refractivity contribution in [2.45, 2.75) is 25.8 Å². The number of nitrogens with one attached hydrogen (secondary N) is 1. The van der Waals surface area contributed by atoms with Gasteiger partial charge in [-0.15, -0.1) is 0 Å². The number of anilines is 1. The lowest BCUT2D eigenvalue weighted by Crippen LogP contribution is -2.29. The molecule has 0 saturated heterocycles. The Bertz CT molecular complexity index is 617. The first-order valence-corrected chi connectivity index (χ1v) is 7.78. The molecule has 1 aliphatic rings. The summed E-state index contributed by atoms with van der Waals surface area (Å²) in [4.78, 5) is 4.21. The van der Waals surface area contributed by atoms with E-state index in [0.717, 1.165) is 24.9 Å². The molecule has 0 saturated carbocycles. The minimum absolute atomic E-state index is 0.189. The zero-order chi connectivity index (χ0) is 14.8. The van der Waals surface area contributed by atoms with Crippen LogP contribution in [0.4, 0.5) is 5.82 Å². The molecule has 0 amide bonds. The molecule has 3 nitrogen and oxygen atoms in total. The van der Waals surface area contributed by atoms with E-state index in [0.29, 0.717) is 16.8 Å². The largest absolute Gasteiger partial charge is 0.383 e. The Balaban J connectivity index is 1.91. The number of hydrogen-bond acceptors (Lipinski definition) is 3. The second-order valence-corrected chi connectivity index (χ2v) is 6.04. The zero-order valence-corrected chi connectivity index (χ0v) is 12.9. The van der Waals surface area contributed by atoms with Gasteiger partial charge in [-0.05, 0) is 42.5 Å². The maximum absolute atomic E-state index is 6.11. The molecular formula is C17H20ClN3. The Morgan fingerprint density at radius 1 is 1.33 bits per heavy atom. The first kappa shape index (κ1) is 14.4. The second-order valence-electron chi connectivity index (χ2n) is 5.60. The van der Waals surface area contributed by atoms with Gasteiger partial charge in [0.2, 0.25) is 0 Å². The molecule has 1 aromatic heterocycles. The molecular weight excluding hydrogens is 282 g/mol. The summed E-state index contributed by atoms with van der Waals surface area (Å²) in [5.74, 6) is 1.06. The lowest BCUT2D eigenvalue weighted by molar-refractivity contribution is 0.381. The highest BCUT2D eigenvalue weighted by atomic mass is 35.5. The van der Waals surface area contributed by atoms with Crippen LogP contribution in [0.5, 0.6) is 0 Å². The summed E-state index contributed by atoms with van der Waals surface area (Å²) in [5.41, 5.74) is 9.99. The van der Waals surface area contributed by atoms with Crippen LogP contribution in [0.25, 0.3) is 0 Å². The van der Waals surface area contributed by atoms with Gasteiger partial charge in [0.1, 0.15) is 5.82 Å². The topological polar surface area (TPSA) is 50.9 Å². The van der Waals surface area contributed by atoms with Crippen LogP contribution in [0, 0.1) is 5.92 Å². The third-order valence-corrected chi connectivity index (χ3v) is 4.44. The van der Waals surface area contributed by atoms with E-state index in [9.17, 15) is 0 Å². The fraction of sp³-hybridized carbons (Fsp3) is 0.353. The lowest BCUT2D eigenvalue weighted by Gasteiger charge is -2.25. The maximum atomic E-state index is 6.11. The number of nitrogens with zero attached hydrogens (tertiary/aromatic N) is 1. The highest BCUT2D eigenvalue weighted by Gasteiger charge is 2.30. The SMILES string of the molecule is CCNC(c1cc(Cl)cnc1N)C1Cc2ccccc2C1. The van der Waals surface area contributed by atoms with E-state index in [4.69, 9.17) is 17.3 Å². The number of pyridine rings is 1. The molecule has 0 aliphatic heterocycles. The van der Waals surface area contributed by atoms with Gasteiger partial charge in [0, 0.05) is 17.8 Å². The van der Waals surface area contributed by atoms with Gasteiger partial charge in [0.15, 0.2) is 0 Å². The van der Waals surface area contributed by atoms with Gasteiger partial charge in [0.05, 0.1) is 5.02 Å². The highest BCUT2D eigenvalue weighted by molar-refractivity contribution is 6.30. The van der Waals surface area contributed by atoms with Crippen LogP contribution in [-0.2, 0) is 12.8 Å². The van der Waals surface area contributed by atoms with Crippen LogP contribution in [0.3, 0.4) is 0 Å². The van der Waals surface area contributed by atoms with Crippen LogP contribution in [-0.4, -0.2) is 11.5 Å².